The Morgan fingerprint density at radius 2 is 2.10 bits per heavy atom. The molecule has 1 aromatic rings. The molecule has 1 aliphatic carbocycles. The highest BCUT2D eigenvalue weighted by Crippen LogP contribution is 2.31. The van der Waals surface area contributed by atoms with Crippen molar-refractivity contribution in [2.45, 2.75) is 65.0 Å². The molecule has 1 aliphatic rings. The Kier molecular flexibility index (Phi) is 5.82. The minimum absolute atomic E-state index is 0.0139. The summed E-state index contributed by atoms with van der Waals surface area (Å²) in [6.45, 7) is 6.47. The van der Waals surface area contributed by atoms with Crippen LogP contribution in [0.5, 0.6) is 0 Å². The molecule has 1 aromatic heterocycles. The fraction of sp³-hybridized carbons (Fsp3) is 0.750. The Hall–Kier alpha value is -0.870. The molecule has 1 saturated carbocycles. The average molecular weight is 313 g/mol. The Labute approximate surface area is 131 Å². The smallest absolute Gasteiger partial charge is 0.211 e. The number of halogens is 1. The van der Waals surface area contributed by atoms with Crippen molar-refractivity contribution < 1.29 is 9.53 Å². The molecule has 21 heavy (non-hydrogen) atoms. The summed E-state index contributed by atoms with van der Waals surface area (Å²) in [4.78, 5) is 13.0. The van der Waals surface area contributed by atoms with Crippen molar-refractivity contribution in [3.63, 3.8) is 0 Å². The Morgan fingerprint density at radius 1 is 1.43 bits per heavy atom. The number of carbonyl (C=O) groups excluding carboxylic acids is 1. The van der Waals surface area contributed by atoms with Crippen LogP contribution in [0.2, 0.25) is 5.02 Å². The van der Waals surface area contributed by atoms with E-state index in [1.165, 1.54) is 19.3 Å². The van der Waals surface area contributed by atoms with E-state index in [1.54, 1.807) is 10.9 Å². The lowest BCUT2D eigenvalue weighted by Crippen LogP contribution is -2.35. The normalized spacial score (nSPS) is 18.1. The quantitative estimate of drug-likeness (QED) is 0.736. The molecule has 0 spiro atoms. The molecule has 0 radical (unpaired) electrons. The molecule has 5 heteroatoms. The van der Waals surface area contributed by atoms with Crippen molar-refractivity contribution in [2.24, 2.45) is 5.92 Å². The van der Waals surface area contributed by atoms with E-state index in [9.17, 15) is 4.79 Å². The summed E-state index contributed by atoms with van der Waals surface area (Å²) in [5, 5.41) is 4.66. The van der Waals surface area contributed by atoms with E-state index >= 15 is 0 Å². The summed E-state index contributed by atoms with van der Waals surface area (Å²) in [5.41, 5.74) is 0.496. The first-order valence-electron chi connectivity index (χ1n) is 7.95. The SMILES string of the molecule is CCOC(C(=O)c1c(Cl)cnn1C(C)C)C1CCCCC1. The van der Waals surface area contributed by atoms with E-state index in [0.717, 1.165) is 12.8 Å². The van der Waals surface area contributed by atoms with Crippen LogP contribution in [0, 0.1) is 5.92 Å². The predicted molar refractivity (Wildman–Crippen MR) is 83.9 cm³/mol. The first-order valence-corrected chi connectivity index (χ1v) is 8.32. The van der Waals surface area contributed by atoms with Crippen molar-refractivity contribution in [3.8, 4) is 0 Å². The van der Waals surface area contributed by atoms with E-state index in [1.807, 2.05) is 20.8 Å². The van der Waals surface area contributed by atoms with Gasteiger partial charge in [0, 0.05) is 12.6 Å². The van der Waals surface area contributed by atoms with Gasteiger partial charge in [0.15, 0.2) is 0 Å². The number of aromatic nitrogens is 2. The van der Waals surface area contributed by atoms with E-state index < -0.39 is 0 Å². The lowest BCUT2D eigenvalue weighted by molar-refractivity contribution is 0.0118. The van der Waals surface area contributed by atoms with Crippen molar-refractivity contribution in [3.05, 3.63) is 16.9 Å². The first kappa shape index (κ1) is 16.5. The largest absolute Gasteiger partial charge is 0.370 e. The molecule has 2 rings (SSSR count). The average Bonchev–Trinajstić information content (AvgIpc) is 2.87. The molecule has 0 saturated heterocycles. The summed E-state index contributed by atoms with van der Waals surface area (Å²) in [5.74, 6) is 0.290. The fourth-order valence-corrected chi connectivity index (χ4v) is 3.36. The van der Waals surface area contributed by atoms with Gasteiger partial charge in [0.05, 0.1) is 11.2 Å². The number of ketones is 1. The number of rotatable bonds is 6. The zero-order chi connectivity index (χ0) is 15.4. The highest BCUT2D eigenvalue weighted by atomic mass is 35.5. The van der Waals surface area contributed by atoms with Gasteiger partial charge in [0.25, 0.3) is 0 Å². The molecule has 1 heterocycles. The first-order chi connectivity index (χ1) is 10.1. The summed E-state index contributed by atoms with van der Waals surface area (Å²) in [7, 11) is 0. The van der Waals surface area contributed by atoms with Gasteiger partial charge in [-0.25, -0.2) is 0 Å². The second-order valence-electron chi connectivity index (χ2n) is 6.02. The standard InChI is InChI=1S/C16H25ClN2O2/c1-4-21-16(12-8-6-5-7-9-12)15(20)14-13(17)10-18-19(14)11(2)3/h10-12,16H,4-9H2,1-3H3. The third-order valence-corrected chi connectivity index (χ3v) is 4.43. The second kappa shape index (κ2) is 7.41. The maximum atomic E-state index is 13.0. The molecule has 118 valence electrons. The fourth-order valence-electron chi connectivity index (χ4n) is 3.14. The minimum Gasteiger partial charge on any atom is -0.370 e. The van der Waals surface area contributed by atoms with Crippen LogP contribution >= 0.6 is 11.6 Å². The molecule has 1 atom stereocenters. The molecular formula is C16H25ClN2O2. The van der Waals surface area contributed by atoms with Gasteiger partial charge in [-0.15, -0.1) is 0 Å². The maximum Gasteiger partial charge on any atom is 0.211 e. The molecule has 0 aromatic carbocycles. The number of hydrogen-bond acceptors (Lipinski definition) is 3. The monoisotopic (exact) mass is 312 g/mol. The van der Waals surface area contributed by atoms with Crippen molar-refractivity contribution in [1.29, 1.82) is 0 Å². The molecule has 0 amide bonds. The number of nitrogens with zero attached hydrogens (tertiary/aromatic N) is 2. The number of Topliss-reactive ketones (excluding diaryl/α,β-unsaturated/α-hetero) is 1. The summed E-state index contributed by atoms with van der Waals surface area (Å²) < 4.78 is 7.52. The van der Waals surface area contributed by atoms with Crippen molar-refractivity contribution >= 4 is 17.4 Å². The molecule has 0 N–H and O–H groups in total. The van der Waals surface area contributed by atoms with E-state index in [-0.39, 0.29) is 17.9 Å². The molecular weight excluding hydrogens is 288 g/mol. The zero-order valence-electron chi connectivity index (χ0n) is 13.1. The predicted octanol–water partition coefficient (Wildman–Crippen LogP) is 4.29. The van der Waals surface area contributed by atoms with Crippen LogP contribution in [-0.2, 0) is 4.74 Å². The topological polar surface area (TPSA) is 44.1 Å². The highest BCUT2D eigenvalue weighted by molar-refractivity contribution is 6.33. The number of carbonyl (C=O) groups is 1. The molecule has 0 aliphatic heterocycles. The molecule has 1 unspecified atom stereocenters. The lowest BCUT2D eigenvalue weighted by Gasteiger charge is -2.29. The van der Waals surface area contributed by atoms with Gasteiger partial charge >= 0.3 is 0 Å². The van der Waals surface area contributed by atoms with Crippen molar-refractivity contribution in [1.82, 2.24) is 9.78 Å². The van der Waals surface area contributed by atoms with Gasteiger partial charge in [0.2, 0.25) is 5.78 Å². The van der Waals surface area contributed by atoms with Crippen LogP contribution in [0.3, 0.4) is 0 Å². The summed E-state index contributed by atoms with van der Waals surface area (Å²) in [6.07, 6.45) is 6.90. The third kappa shape index (κ3) is 3.67. The second-order valence-corrected chi connectivity index (χ2v) is 6.42. The summed E-state index contributed by atoms with van der Waals surface area (Å²) in [6, 6.07) is 0.102. The van der Waals surface area contributed by atoms with E-state index in [2.05, 4.69) is 5.10 Å². The maximum absolute atomic E-state index is 13.0. The number of ether oxygens (including phenoxy) is 1. The summed E-state index contributed by atoms with van der Waals surface area (Å²) >= 11 is 6.21. The van der Waals surface area contributed by atoms with Crippen LogP contribution < -0.4 is 0 Å². The highest BCUT2D eigenvalue weighted by Gasteiger charge is 2.34. The van der Waals surface area contributed by atoms with Crippen LogP contribution in [0.1, 0.15) is 69.4 Å². The van der Waals surface area contributed by atoms with Gasteiger partial charge < -0.3 is 4.74 Å². The van der Waals surface area contributed by atoms with Gasteiger partial charge in [-0.05, 0) is 39.5 Å². The van der Waals surface area contributed by atoms with Gasteiger partial charge in [0.1, 0.15) is 11.8 Å². The zero-order valence-corrected chi connectivity index (χ0v) is 13.9. The van der Waals surface area contributed by atoms with Crippen molar-refractivity contribution in [2.75, 3.05) is 6.61 Å². The van der Waals surface area contributed by atoms with Gasteiger partial charge in [-0.3, -0.25) is 9.48 Å². The Morgan fingerprint density at radius 3 is 2.67 bits per heavy atom. The molecule has 4 nitrogen and oxygen atoms in total. The van der Waals surface area contributed by atoms with Gasteiger partial charge in [-0.2, -0.15) is 5.10 Å². The molecule has 1 fully saturated rings. The Bertz CT molecular complexity index is 479. The Balaban J connectivity index is 2.27. The number of hydrogen-bond donors (Lipinski definition) is 0. The lowest BCUT2D eigenvalue weighted by atomic mass is 9.83. The van der Waals surface area contributed by atoms with Gasteiger partial charge in [-0.1, -0.05) is 30.9 Å². The van der Waals surface area contributed by atoms with Crippen LogP contribution in [-0.4, -0.2) is 28.3 Å². The van der Waals surface area contributed by atoms with Crippen LogP contribution in [0.4, 0.5) is 0 Å². The van der Waals surface area contributed by atoms with E-state index in [0.29, 0.717) is 23.2 Å². The van der Waals surface area contributed by atoms with Crippen LogP contribution in [0.15, 0.2) is 6.20 Å². The minimum atomic E-state index is -0.387. The third-order valence-electron chi connectivity index (χ3n) is 4.16. The van der Waals surface area contributed by atoms with E-state index in [4.69, 9.17) is 16.3 Å². The molecule has 0 bridgehead atoms. The van der Waals surface area contributed by atoms with Crippen LogP contribution in [0.25, 0.3) is 0 Å².